The summed E-state index contributed by atoms with van der Waals surface area (Å²) in [6, 6.07) is 12.9. The standard InChI is InChI=1S/C26H31Br2N7O2.CH4/c1-26(2,3)18-8-10-22(11-9-18)35(25(37)29-21-13-19(27)12-20(28)14-21)15-16-4-6-17(7-5-16)23(36)30-24-31-33-34-32-24;/h4-7,12-14,18,22H,8-11,15H2,1-3H3,(H,29,37)(H2,30,31,32,33,34,36);1H4. The van der Waals surface area contributed by atoms with Crippen molar-refractivity contribution in [3.63, 3.8) is 0 Å². The number of hydrogen-bond donors (Lipinski definition) is 3. The Morgan fingerprint density at radius 1 is 1.00 bits per heavy atom. The highest BCUT2D eigenvalue weighted by molar-refractivity contribution is 9.11. The molecule has 1 aliphatic carbocycles. The van der Waals surface area contributed by atoms with Crippen LogP contribution < -0.4 is 10.6 Å². The van der Waals surface area contributed by atoms with Gasteiger partial charge in [-0.1, -0.05) is 77.3 Å². The van der Waals surface area contributed by atoms with Crippen LogP contribution >= 0.6 is 31.9 Å². The molecule has 204 valence electrons. The molecular formula is C27H35Br2N7O2. The van der Waals surface area contributed by atoms with Gasteiger partial charge in [-0.2, -0.15) is 5.21 Å². The number of nitrogens with zero attached hydrogens (tertiary/aromatic N) is 4. The number of benzene rings is 2. The summed E-state index contributed by atoms with van der Waals surface area (Å²) in [6.45, 7) is 7.33. The minimum Gasteiger partial charge on any atom is -0.317 e. The van der Waals surface area contributed by atoms with Crippen LogP contribution in [-0.2, 0) is 6.54 Å². The average Bonchev–Trinajstić information content (AvgIpc) is 3.35. The van der Waals surface area contributed by atoms with E-state index in [0.29, 0.717) is 23.7 Å². The highest BCUT2D eigenvalue weighted by atomic mass is 79.9. The summed E-state index contributed by atoms with van der Waals surface area (Å²) in [5.41, 5.74) is 2.39. The van der Waals surface area contributed by atoms with E-state index in [1.54, 1.807) is 12.1 Å². The van der Waals surface area contributed by atoms with Gasteiger partial charge in [-0.3, -0.25) is 10.1 Å². The van der Waals surface area contributed by atoms with Crippen LogP contribution in [0, 0.1) is 11.3 Å². The normalized spacial score (nSPS) is 17.3. The second kappa shape index (κ2) is 12.8. The third kappa shape index (κ3) is 7.86. The first-order valence-electron chi connectivity index (χ1n) is 12.3. The van der Waals surface area contributed by atoms with Crippen molar-refractivity contribution in [1.29, 1.82) is 0 Å². The van der Waals surface area contributed by atoms with Crippen LogP contribution in [-0.4, -0.2) is 43.5 Å². The molecule has 0 spiro atoms. The van der Waals surface area contributed by atoms with Crippen LogP contribution in [0.2, 0.25) is 0 Å². The maximum atomic E-state index is 13.6. The number of hydrogen-bond acceptors (Lipinski definition) is 5. The number of amides is 3. The first-order valence-corrected chi connectivity index (χ1v) is 13.8. The average molecular weight is 649 g/mol. The van der Waals surface area contributed by atoms with Crippen LogP contribution in [0.3, 0.4) is 0 Å². The monoisotopic (exact) mass is 647 g/mol. The molecule has 0 saturated heterocycles. The number of carbonyl (C=O) groups is 2. The first kappa shape index (κ1) is 29.8. The number of aromatic nitrogens is 4. The van der Waals surface area contributed by atoms with Crippen molar-refractivity contribution in [3.05, 3.63) is 62.5 Å². The molecule has 4 rings (SSSR count). The summed E-state index contributed by atoms with van der Waals surface area (Å²) >= 11 is 6.98. The van der Waals surface area contributed by atoms with Crippen LogP contribution in [0.4, 0.5) is 16.4 Å². The fraction of sp³-hybridized carbons (Fsp3) is 0.444. The number of anilines is 2. The van der Waals surface area contributed by atoms with E-state index in [0.717, 1.165) is 40.2 Å². The highest BCUT2D eigenvalue weighted by Crippen LogP contribution is 2.39. The Labute approximate surface area is 240 Å². The van der Waals surface area contributed by atoms with E-state index in [1.165, 1.54) is 0 Å². The Hall–Kier alpha value is -2.79. The summed E-state index contributed by atoms with van der Waals surface area (Å²) in [4.78, 5) is 28.0. The lowest BCUT2D eigenvalue weighted by Gasteiger charge is -2.41. The molecule has 3 aromatic rings. The van der Waals surface area contributed by atoms with E-state index in [2.05, 4.69) is 83.9 Å². The summed E-state index contributed by atoms with van der Waals surface area (Å²) in [5.74, 6) is 0.428. The van der Waals surface area contributed by atoms with E-state index in [-0.39, 0.29) is 36.8 Å². The molecule has 38 heavy (non-hydrogen) atoms. The Morgan fingerprint density at radius 2 is 1.63 bits per heavy atom. The number of tetrazole rings is 1. The minimum absolute atomic E-state index is 0. The Balaban J connectivity index is 0.00000400. The fourth-order valence-corrected chi connectivity index (χ4v) is 6.08. The number of rotatable bonds is 6. The number of nitrogens with one attached hydrogen (secondary N) is 3. The van der Waals surface area contributed by atoms with E-state index >= 15 is 0 Å². The predicted octanol–water partition coefficient (Wildman–Crippen LogP) is 7.25. The van der Waals surface area contributed by atoms with E-state index in [4.69, 9.17) is 0 Å². The van der Waals surface area contributed by atoms with Gasteiger partial charge in [-0.05, 0) is 78.1 Å². The van der Waals surface area contributed by atoms with Crippen molar-refractivity contribution < 1.29 is 9.59 Å². The van der Waals surface area contributed by atoms with Crippen LogP contribution in [0.25, 0.3) is 0 Å². The maximum absolute atomic E-state index is 13.6. The molecule has 0 bridgehead atoms. The van der Waals surface area contributed by atoms with Crippen LogP contribution in [0.15, 0.2) is 51.4 Å². The molecule has 9 nitrogen and oxygen atoms in total. The van der Waals surface area contributed by atoms with Crippen molar-refractivity contribution >= 4 is 55.4 Å². The lowest BCUT2D eigenvalue weighted by molar-refractivity contribution is 0.102. The van der Waals surface area contributed by atoms with Crippen molar-refractivity contribution in [2.75, 3.05) is 10.6 Å². The van der Waals surface area contributed by atoms with Gasteiger partial charge >= 0.3 is 6.03 Å². The summed E-state index contributed by atoms with van der Waals surface area (Å²) < 4.78 is 1.76. The molecule has 11 heteroatoms. The minimum atomic E-state index is -0.330. The second-order valence-electron chi connectivity index (χ2n) is 10.5. The second-order valence-corrected chi connectivity index (χ2v) is 12.3. The molecule has 0 unspecified atom stereocenters. The highest BCUT2D eigenvalue weighted by Gasteiger charge is 2.33. The van der Waals surface area contributed by atoms with Gasteiger partial charge in [-0.25, -0.2) is 4.79 Å². The molecule has 1 aromatic heterocycles. The molecule has 0 radical (unpaired) electrons. The van der Waals surface area contributed by atoms with Gasteiger partial charge in [0, 0.05) is 32.8 Å². The Kier molecular flexibility index (Phi) is 10.1. The Bertz CT molecular complexity index is 1200. The zero-order chi connectivity index (χ0) is 26.6. The summed E-state index contributed by atoms with van der Waals surface area (Å²) in [5, 5.41) is 18.9. The third-order valence-corrected chi connectivity index (χ3v) is 7.79. The smallest absolute Gasteiger partial charge is 0.317 e. The number of carbonyl (C=O) groups excluding carboxylic acids is 2. The van der Waals surface area contributed by atoms with E-state index in [1.807, 2.05) is 35.2 Å². The van der Waals surface area contributed by atoms with Gasteiger partial charge in [0.25, 0.3) is 11.9 Å². The van der Waals surface area contributed by atoms with Crippen molar-refractivity contribution in [2.45, 2.75) is 66.5 Å². The third-order valence-electron chi connectivity index (χ3n) is 6.88. The van der Waals surface area contributed by atoms with Crippen molar-refractivity contribution in [2.24, 2.45) is 11.3 Å². The Morgan fingerprint density at radius 3 is 2.18 bits per heavy atom. The number of halogens is 2. The zero-order valence-corrected chi connectivity index (χ0v) is 24.3. The van der Waals surface area contributed by atoms with Gasteiger partial charge in [0.1, 0.15) is 0 Å². The molecule has 1 aliphatic rings. The van der Waals surface area contributed by atoms with E-state index < -0.39 is 0 Å². The lowest BCUT2D eigenvalue weighted by Crippen LogP contribution is -2.45. The molecule has 1 heterocycles. The van der Waals surface area contributed by atoms with Crippen molar-refractivity contribution in [1.82, 2.24) is 25.5 Å². The van der Waals surface area contributed by atoms with Crippen LogP contribution in [0.1, 0.15) is 69.8 Å². The summed E-state index contributed by atoms with van der Waals surface area (Å²) in [7, 11) is 0. The SMILES string of the molecule is C.CC(C)(C)C1CCC(N(Cc2ccc(C(=O)Nc3nn[nH]n3)cc2)C(=O)Nc2cc(Br)cc(Br)c2)CC1. The first-order chi connectivity index (χ1) is 17.6. The molecule has 1 fully saturated rings. The van der Waals surface area contributed by atoms with Gasteiger partial charge in [0.2, 0.25) is 0 Å². The van der Waals surface area contributed by atoms with Crippen molar-refractivity contribution in [3.8, 4) is 0 Å². The van der Waals surface area contributed by atoms with Gasteiger partial charge in [-0.15, -0.1) is 5.10 Å². The lowest BCUT2D eigenvalue weighted by atomic mass is 9.71. The zero-order valence-electron chi connectivity index (χ0n) is 21.1. The van der Waals surface area contributed by atoms with E-state index in [9.17, 15) is 9.59 Å². The number of H-pyrrole nitrogens is 1. The molecule has 0 aliphatic heterocycles. The summed E-state index contributed by atoms with van der Waals surface area (Å²) in [6.07, 6.45) is 4.11. The molecule has 3 N–H and O–H groups in total. The van der Waals surface area contributed by atoms with Gasteiger partial charge < -0.3 is 10.2 Å². The largest absolute Gasteiger partial charge is 0.322 e. The van der Waals surface area contributed by atoms with Gasteiger partial charge in [0.15, 0.2) is 0 Å². The number of urea groups is 1. The maximum Gasteiger partial charge on any atom is 0.322 e. The topological polar surface area (TPSA) is 116 Å². The predicted molar refractivity (Wildman–Crippen MR) is 157 cm³/mol. The van der Waals surface area contributed by atoms with Gasteiger partial charge in [0.05, 0.1) is 0 Å². The fourth-order valence-electron chi connectivity index (χ4n) is 4.79. The molecule has 1 saturated carbocycles. The molecule has 0 atom stereocenters. The number of aromatic amines is 1. The molecule has 3 amide bonds. The molecule has 2 aromatic carbocycles. The van der Waals surface area contributed by atoms with Crippen LogP contribution in [0.5, 0.6) is 0 Å². The quantitative estimate of drug-likeness (QED) is 0.260. The molecular weight excluding hydrogens is 614 g/mol.